The minimum atomic E-state index is -4.09. The predicted octanol–water partition coefficient (Wildman–Crippen LogP) is 1.30. The maximum atomic E-state index is 13.2. The molecule has 14 heteroatoms. The number of amides is 1. The van der Waals surface area contributed by atoms with Crippen LogP contribution in [-0.2, 0) is 19.5 Å². The zero-order chi connectivity index (χ0) is 25.6. The fourth-order valence-electron chi connectivity index (χ4n) is 3.34. The van der Waals surface area contributed by atoms with Crippen LogP contribution in [0.4, 0.5) is 0 Å². The molecule has 2 heterocycles. The molecule has 2 aromatic heterocycles. The van der Waals surface area contributed by atoms with E-state index >= 15 is 0 Å². The second-order valence-corrected chi connectivity index (χ2v) is 10.4. The Morgan fingerprint density at radius 2 is 1.91 bits per heavy atom. The molecule has 0 bridgehead atoms. The van der Waals surface area contributed by atoms with E-state index in [1.165, 1.54) is 32.5 Å². The summed E-state index contributed by atoms with van der Waals surface area (Å²) in [6.07, 6.45) is 3.05. The molecule has 0 unspecified atom stereocenters. The molecule has 0 aromatic carbocycles. The molecular formula is C21H28ClN7O5S. The summed E-state index contributed by atoms with van der Waals surface area (Å²) in [5, 5.41) is -0.822. The molecule has 190 valence electrons. The van der Waals surface area contributed by atoms with E-state index in [1.807, 2.05) is 0 Å². The van der Waals surface area contributed by atoms with Crippen molar-refractivity contribution in [1.29, 1.82) is 0 Å². The van der Waals surface area contributed by atoms with E-state index in [4.69, 9.17) is 21.1 Å². The first-order chi connectivity index (χ1) is 16.6. The zero-order valence-electron chi connectivity index (χ0n) is 19.7. The number of ether oxygens (including phenoxy) is 2. The number of carbonyl (C=O) groups is 1. The third kappa shape index (κ3) is 6.84. The van der Waals surface area contributed by atoms with Gasteiger partial charge in [-0.25, -0.2) is 28.4 Å². The van der Waals surface area contributed by atoms with Crippen LogP contribution in [0.1, 0.15) is 47.9 Å². The first-order valence-corrected chi connectivity index (χ1v) is 12.7. The second kappa shape index (κ2) is 11.7. The minimum Gasteiger partial charge on any atom is -0.379 e. The number of pyridine rings is 1. The van der Waals surface area contributed by atoms with Gasteiger partial charge in [0.1, 0.15) is 17.0 Å². The Morgan fingerprint density at radius 3 is 2.49 bits per heavy atom. The number of carbonyl (C=O) groups excluding carboxylic acids is 1. The first-order valence-electron chi connectivity index (χ1n) is 10.8. The molecule has 0 radical (unpaired) electrons. The van der Waals surface area contributed by atoms with E-state index in [0.717, 1.165) is 6.42 Å². The van der Waals surface area contributed by atoms with Gasteiger partial charge in [0, 0.05) is 32.3 Å². The SMILES string of the molecule is CO[C@H]1CC[C@@H]1N=C(NNC(=O)c1cccc(C)n1)NS(=O)(=O)[C@@H](C)[C@H](OC)c1ncc(Cl)cn1. The standard InChI is InChI=1S/C21H28ClN7O5S/c1-12-6-5-7-16(25-12)20(30)27-28-21(26-15-8-9-17(15)33-3)29-35(31,32)13(2)18(34-4)19-23-10-14(22)11-24-19/h5-7,10-11,13,15,17-18H,8-9H2,1-4H3,(H,27,30)(H2,26,28,29)/t13-,15-,17-,18-/m0/s1. The fourth-order valence-corrected chi connectivity index (χ4v) is 4.56. The Hall–Kier alpha value is -2.87. The lowest BCUT2D eigenvalue weighted by atomic mass is 9.90. The number of aliphatic imine (C=N–C) groups is 1. The number of halogens is 1. The number of rotatable bonds is 8. The monoisotopic (exact) mass is 525 g/mol. The van der Waals surface area contributed by atoms with Crippen molar-refractivity contribution in [1.82, 2.24) is 30.5 Å². The summed E-state index contributed by atoms with van der Waals surface area (Å²) in [6, 6.07) is 4.70. The molecule has 1 saturated carbocycles. The van der Waals surface area contributed by atoms with Gasteiger partial charge in [0.05, 0.1) is 17.2 Å². The van der Waals surface area contributed by atoms with Crippen molar-refractivity contribution < 1.29 is 22.7 Å². The van der Waals surface area contributed by atoms with Gasteiger partial charge >= 0.3 is 0 Å². The Labute approximate surface area is 208 Å². The van der Waals surface area contributed by atoms with Gasteiger partial charge in [-0.3, -0.25) is 20.4 Å². The van der Waals surface area contributed by atoms with Crippen molar-refractivity contribution in [3.05, 3.63) is 52.8 Å². The molecule has 3 N–H and O–H groups in total. The summed E-state index contributed by atoms with van der Waals surface area (Å²) in [6.45, 7) is 3.20. The number of aromatic nitrogens is 3. The van der Waals surface area contributed by atoms with Crippen molar-refractivity contribution in [2.24, 2.45) is 4.99 Å². The molecule has 1 fully saturated rings. The van der Waals surface area contributed by atoms with Crippen molar-refractivity contribution in [2.45, 2.75) is 50.2 Å². The Balaban J connectivity index is 1.79. The molecule has 0 aliphatic heterocycles. The van der Waals surface area contributed by atoms with Gasteiger partial charge in [0.2, 0.25) is 16.0 Å². The largest absolute Gasteiger partial charge is 0.379 e. The topological polar surface area (TPSA) is 157 Å². The van der Waals surface area contributed by atoms with Crippen LogP contribution in [0.2, 0.25) is 5.02 Å². The van der Waals surface area contributed by atoms with Crippen LogP contribution in [0, 0.1) is 6.92 Å². The summed E-state index contributed by atoms with van der Waals surface area (Å²) in [4.78, 5) is 29.2. The molecule has 35 heavy (non-hydrogen) atoms. The molecule has 2 aromatic rings. The lowest BCUT2D eigenvalue weighted by molar-refractivity contribution is 0.0220. The highest BCUT2D eigenvalue weighted by molar-refractivity contribution is 7.90. The van der Waals surface area contributed by atoms with Gasteiger partial charge in [-0.05, 0) is 38.8 Å². The summed E-state index contributed by atoms with van der Waals surface area (Å²) in [5.74, 6) is -0.579. The van der Waals surface area contributed by atoms with E-state index in [1.54, 1.807) is 26.2 Å². The maximum absolute atomic E-state index is 13.2. The molecule has 1 aliphatic rings. The predicted molar refractivity (Wildman–Crippen MR) is 129 cm³/mol. The normalized spacial score (nSPS) is 19.9. The van der Waals surface area contributed by atoms with Crippen LogP contribution in [0.5, 0.6) is 0 Å². The van der Waals surface area contributed by atoms with Crippen LogP contribution < -0.4 is 15.6 Å². The second-order valence-electron chi connectivity index (χ2n) is 7.91. The van der Waals surface area contributed by atoms with Crippen molar-refractivity contribution in [3.63, 3.8) is 0 Å². The van der Waals surface area contributed by atoms with Crippen molar-refractivity contribution in [3.8, 4) is 0 Å². The van der Waals surface area contributed by atoms with E-state index in [0.29, 0.717) is 17.1 Å². The van der Waals surface area contributed by atoms with Gasteiger partial charge in [-0.2, -0.15) is 0 Å². The minimum absolute atomic E-state index is 0.151. The molecule has 12 nitrogen and oxygen atoms in total. The molecular weight excluding hydrogens is 498 g/mol. The number of hydrogen-bond donors (Lipinski definition) is 3. The third-order valence-electron chi connectivity index (χ3n) is 5.49. The number of aryl methyl sites for hydroxylation is 1. The fraction of sp³-hybridized carbons (Fsp3) is 0.476. The van der Waals surface area contributed by atoms with Gasteiger partial charge < -0.3 is 9.47 Å². The molecule has 0 saturated heterocycles. The van der Waals surface area contributed by atoms with Gasteiger partial charge in [0.25, 0.3) is 5.91 Å². The van der Waals surface area contributed by atoms with Crippen LogP contribution in [0.15, 0.2) is 35.6 Å². The number of hydrogen-bond acceptors (Lipinski definition) is 9. The third-order valence-corrected chi connectivity index (χ3v) is 7.39. The van der Waals surface area contributed by atoms with Crippen molar-refractivity contribution in [2.75, 3.05) is 14.2 Å². The van der Waals surface area contributed by atoms with Gasteiger partial charge in [0.15, 0.2) is 5.82 Å². The highest BCUT2D eigenvalue weighted by Gasteiger charge is 2.35. The number of sulfonamides is 1. The summed E-state index contributed by atoms with van der Waals surface area (Å²) in [7, 11) is -1.17. The lowest BCUT2D eigenvalue weighted by Gasteiger charge is -2.33. The Morgan fingerprint density at radius 1 is 1.20 bits per heavy atom. The quantitative estimate of drug-likeness (QED) is 0.262. The van der Waals surface area contributed by atoms with Crippen molar-refractivity contribution >= 4 is 33.5 Å². The highest BCUT2D eigenvalue weighted by Crippen LogP contribution is 2.26. The van der Waals surface area contributed by atoms with Crippen LogP contribution in [-0.4, -0.2) is 66.9 Å². The number of methoxy groups -OCH3 is 2. The van der Waals surface area contributed by atoms with E-state index in [9.17, 15) is 13.2 Å². The Kier molecular flexibility index (Phi) is 8.94. The molecule has 1 amide bonds. The van der Waals surface area contributed by atoms with Crippen LogP contribution in [0.3, 0.4) is 0 Å². The maximum Gasteiger partial charge on any atom is 0.288 e. The van der Waals surface area contributed by atoms with Gasteiger partial charge in [-0.1, -0.05) is 17.7 Å². The number of nitrogens with one attached hydrogen (secondary N) is 3. The number of hydrazine groups is 1. The Bertz CT molecular complexity index is 1160. The van der Waals surface area contributed by atoms with Crippen LogP contribution >= 0.6 is 11.6 Å². The smallest absolute Gasteiger partial charge is 0.288 e. The van der Waals surface area contributed by atoms with E-state index < -0.39 is 27.3 Å². The highest BCUT2D eigenvalue weighted by atomic mass is 35.5. The summed E-state index contributed by atoms with van der Waals surface area (Å²) >= 11 is 5.83. The number of guanidine groups is 1. The number of nitrogens with zero attached hydrogens (tertiary/aromatic N) is 4. The molecule has 0 spiro atoms. The van der Waals surface area contributed by atoms with Crippen LogP contribution in [0.25, 0.3) is 0 Å². The zero-order valence-corrected chi connectivity index (χ0v) is 21.3. The molecule has 1 aliphatic carbocycles. The van der Waals surface area contributed by atoms with E-state index in [2.05, 4.69) is 35.5 Å². The summed E-state index contributed by atoms with van der Waals surface area (Å²) in [5.41, 5.74) is 5.83. The van der Waals surface area contributed by atoms with E-state index in [-0.39, 0.29) is 29.6 Å². The summed E-state index contributed by atoms with van der Waals surface area (Å²) < 4.78 is 39.6. The average molecular weight is 526 g/mol. The van der Waals surface area contributed by atoms with Gasteiger partial charge in [-0.15, -0.1) is 0 Å². The average Bonchev–Trinajstić information content (AvgIpc) is 2.81. The first kappa shape index (κ1) is 26.7. The molecule has 4 atom stereocenters. The lowest BCUT2D eigenvalue weighted by Crippen LogP contribution is -2.53. The molecule has 3 rings (SSSR count).